The summed E-state index contributed by atoms with van der Waals surface area (Å²) in [4.78, 5) is 10.5. The average molecular weight is 851 g/mol. The summed E-state index contributed by atoms with van der Waals surface area (Å²) in [6.45, 7) is 0. The summed E-state index contributed by atoms with van der Waals surface area (Å²) in [6, 6.07) is 75.0. The maximum Gasteiger partial charge on any atom is 0.132 e. The van der Waals surface area contributed by atoms with Gasteiger partial charge in [0.2, 0.25) is 0 Å². The van der Waals surface area contributed by atoms with Crippen molar-refractivity contribution in [1.29, 1.82) is 0 Å². The highest BCUT2D eigenvalue weighted by atomic mass is 32.1. The van der Waals surface area contributed by atoms with E-state index in [1.54, 1.807) is 22.7 Å². The highest BCUT2D eigenvalue weighted by Crippen LogP contribution is 2.62. The summed E-state index contributed by atoms with van der Waals surface area (Å²) in [5.41, 5.74) is 15.8. The molecular weight excluding hydrogens is 817 g/mol. The van der Waals surface area contributed by atoms with Crippen LogP contribution in [0, 0.1) is 0 Å². The van der Waals surface area contributed by atoms with Crippen molar-refractivity contribution in [2.75, 3.05) is 0 Å². The lowest BCUT2D eigenvalue weighted by Gasteiger charge is -2.39. The fraction of sp³-hybridized carbons (Fsp3) is 0.0169. The number of hydrogen-bond donors (Lipinski definition) is 0. The van der Waals surface area contributed by atoms with Crippen molar-refractivity contribution in [2.24, 2.45) is 0 Å². The molecule has 12 aromatic rings. The van der Waals surface area contributed by atoms with Crippen molar-refractivity contribution in [3.63, 3.8) is 0 Å². The Morgan fingerprint density at radius 3 is 1.34 bits per heavy atom. The molecule has 0 unspecified atom stereocenters. The van der Waals surface area contributed by atoms with E-state index in [2.05, 4.69) is 206 Å². The number of benzene rings is 10. The molecule has 0 N–H and O–H groups in total. The van der Waals surface area contributed by atoms with Crippen LogP contribution in [-0.2, 0) is 5.41 Å². The van der Waals surface area contributed by atoms with Gasteiger partial charge in [-0.15, -0.1) is 22.7 Å². The quantitative estimate of drug-likeness (QED) is 0.177. The van der Waals surface area contributed by atoms with Crippen molar-refractivity contribution >= 4 is 64.7 Å². The van der Waals surface area contributed by atoms with Crippen LogP contribution in [0.5, 0.6) is 11.5 Å². The Morgan fingerprint density at radius 2 is 0.766 bits per heavy atom. The first kappa shape index (κ1) is 35.9. The minimum Gasteiger partial charge on any atom is -0.457 e. The normalized spacial score (nSPS) is 13.2. The Bertz CT molecular complexity index is 3610. The number of hydrogen-bond acceptors (Lipinski definition) is 5. The third kappa shape index (κ3) is 5.32. The Morgan fingerprint density at radius 1 is 0.328 bits per heavy atom. The molecule has 10 aromatic carbocycles. The Kier molecular flexibility index (Phi) is 7.65. The van der Waals surface area contributed by atoms with Gasteiger partial charge in [0.1, 0.15) is 21.5 Å². The van der Waals surface area contributed by atoms with Crippen LogP contribution in [0.15, 0.2) is 206 Å². The lowest BCUT2D eigenvalue weighted by atomic mass is 9.66. The molecule has 2 aromatic heterocycles. The second kappa shape index (κ2) is 13.6. The van der Waals surface area contributed by atoms with Crippen LogP contribution in [-0.4, -0.2) is 9.97 Å². The van der Waals surface area contributed by atoms with E-state index in [1.807, 2.05) is 0 Å². The molecule has 0 amide bonds. The molecule has 0 saturated heterocycles. The lowest BCUT2D eigenvalue weighted by Crippen LogP contribution is -2.32. The van der Waals surface area contributed by atoms with Crippen molar-refractivity contribution in [2.45, 2.75) is 5.41 Å². The minimum atomic E-state index is -0.509. The van der Waals surface area contributed by atoms with Gasteiger partial charge < -0.3 is 4.74 Å². The number of aromatic nitrogens is 2. The zero-order valence-corrected chi connectivity index (χ0v) is 35.9. The van der Waals surface area contributed by atoms with Gasteiger partial charge in [-0.1, -0.05) is 146 Å². The van der Waals surface area contributed by atoms with Gasteiger partial charge in [-0.2, -0.15) is 0 Å². The predicted octanol–water partition coefficient (Wildman–Crippen LogP) is 16.3. The summed E-state index contributed by atoms with van der Waals surface area (Å²) in [5.74, 6) is 1.80. The average Bonchev–Trinajstić information content (AvgIpc) is 4.05. The van der Waals surface area contributed by atoms with E-state index in [-0.39, 0.29) is 0 Å². The molecule has 0 radical (unpaired) electrons. The largest absolute Gasteiger partial charge is 0.457 e. The number of para-hydroxylation sites is 2. The maximum atomic E-state index is 6.59. The molecule has 3 heterocycles. The molecule has 3 nitrogen and oxygen atoms in total. The molecule has 1 aliphatic heterocycles. The molecule has 2 aliphatic rings. The second-order valence-electron chi connectivity index (χ2n) is 16.9. The SMILES string of the molecule is c1ccc2c(c1)Oc1ccccc1C21c2ccccc2-c2ccc(-c3ccc(-c4cc(-c5nc6cc7ccccc7cc6s5)cc(-c5nc6cc7ccccc7cc6s5)c4)cc3)cc21. The van der Waals surface area contributed by atoms with Gasteiger partial charge in [-0.05, 0) is 127 Å². The predicted molar refractivity (Wildman–Crippen MR) is 267 cm³/mol. The monoisotopic (exact) mass is 850 g/mol. The van der Waals surface area contributed by atoms with Crippen molar-refractivity contribution in [3.05, 3.63) is 229 Å². The Labute approximate surface area is 377 Å². The third-order valence-corrected chi connectivity index (χ3v) is 15.5. The third-order valence-electron chi connectivity index (χ3n) is 13.3. The molecule has 0 fully saturated rings. The van der Waals surface area contributed by atoms with Crippen LogP contribution >= 0.6 is 22.7 Å². The highest BCUT2D eigenvalue weighted by molar-refractivity contribution is 7.22. The fourth-order valence-corrected chi connectivity index (χ4v) is 12.4. The first-order valence-electron chi connectivity index (χ1n) is 21.6. The molecule has 64 heavy (non-hydrogen) atoms. The van der Waals surface area contributed by atoms with E-state index < -0.39 is 5.41 Å². The zero-order chi connectivity index (χ0) is 41.9. The standard InChI is InChI=1S/C59H34N2OS2/c1-3-13-39-33-55-51(31-37(39)11-1)60-57(63-55)43-27-42(28-44(29-43)58-61-52-32-38-12-2-4-14-40(38)34-56(52)64-58)36-23-21-35(22-24-36)41-25-26-46-45-15-5-6-16-47(45)59(50(46)30-41)48-17-7-9-19-53(48)62-54-20-10-8-18-49(54)59/h1-34H. The van der Waals surface area contributed by atoms with Gasteiger partial charge in [0.05, 0.1) is 25.8 Å². The number of rotatable bonds is 4. The van der Waals surface area contributed by atoms with Crippen LogP contribution in [0.2, 0.25) is 0 Å². The van der Waals surface area contributed by atoms with Crippen molar-refractivity contribution in [3.8, 4) is 66.0 Å². The fourth-order valence-electron chi connectivity index (χ4n) is 10.4. The summed E-state index contributed by atoms with van der Waals surface area (Å²) in [6.07, 6.45) is 0. The van der Waals surface area contributed by atoms with Crippen LogP contribution in [0.25, 0.3) is 96.5 Å². The van der Waals surface area contributed by atoms with E-state index in [9.17, 15) is 0 Å². The zero-order valence-electron chi connectivity index (χ0n) is 34.2. The topological polar surface area (TPSA) is 35.0 Å². The Balaban J connectivity index is 0.904. The summed E-state index contributed by atoms with van der Waals surface area (Å²) < 4.78 is 8.96. The van der Waals surface area contributed by atoms with Gasteiger partial charge >= 0.3 is 0 Å². The molecule has 5 heteroatoms. The molecule has 0 saturated carbocycles. The first-order valence-corrected chi connectivity index (χ1v) is 23.2. The van der Waals surface area contributed by atoms with Gasteiger partial charge in [-0.3, -0.25) is 0 Å². The summed E-state index contributed by atoms with van der Waals surface area (Å²) in [5, 5.41) is 6.86. The van der Waals surface area contributed by atoms with Crippen LogP contribution in [0.4, 0.5) is 0 Å². The van der Waals surface area contributed by atoms with Gasteiger partial charge in [0.15, 0.2) is 0 Å². The van der Waals surface area contributed by atoms with E-state index >= 15 is 0 Å². The number of fused-ring (bicyclic) bond motifs is 13. The Hall–Kier alpha value is -7.70. The van der Waals surface area contributed by atoms with Crippen molar-refractivity contribution in [1.82, 2.24) is 9.97 Å². The van der Waals surface area contributed by atoms with E-state index in [0.717, 1.165) is 54.8 Å². The molecule has 298 valence electrons. The molecule has 1 spiro atoms. The van der Waals surface area contributed by atoms with Gasteiger partial charge in [-0.25, -0.2) is 9.97 Å². The van der Waals surface area contributed by atoms with Gasteiger partial charge in [0, 0.05) is 22.3 Å². The number of nitrogens with zero attached hydrogens (tertiary/aromatic N) is 2. The minimum absolute atomic E-state index is 0.509. The van der Waals surface area contributed by atoms with Crippen LogP contribution in [0.3, 0.4) is 0 Å². The smallest absolute Gasteiger partial charge is 0.132 e. The van der Waals surface area contributed by atoms with Crippen LogP contribution < -0.4 is 4.74 Å². The molecule has 0 bridgehead atoms. The lowest BCUT2D eigenvalue weighted by molar-refractivity contribution is 0.436. The molecular formula is C59H34N2OS2. The molecule has 1 aliphatic carbocycles. The molecule has 0 atom stereocenters. The summed E-state index contributed by atoms with van der Waals surface area (Å²) >= 11 is 3.50. The van der Waals surface area contributed by atoms with Gasteiger partial charge in [0.25, 0.3) is 0 Å². The van der Waals surface area contributed by atoms with E-state index in [4.69, 9.17) is 14.7 Å². The summed E-state index contributed by atoms with van der Waals surface area (Å²) in [7, 11) is 0. The van der Waals surface area contributed by atoms with Crippen molar-refractivity contribution < 1.29 is 4.74 Å². The second-order valence-corrected chi connectivity index (χ2v) is 19.0. The number of ether oxygens (including phenoxy) is 1. The first-order chi connectivity index (χ1) is 31.6. The van der Waals surface area contributed by atoms with Crippen LogP contribution in [0.1, 0.15) is 22.3 Å². The maximum absolute atomic E-state index is 6.59. The van der Waals surface area contributed by atoms with E-state index in [0.29, 0.717) is 0 Å². The number of thiazole rings is 2. The molecule has 14 rings (SSSR count). The van der Waals surface area contributed by atoms with E-state index in [1.165, 1.54) is 75.5 Å². The highest BCUT2D eigenvalue weighted by Gasteiger charge is 2.51.